The molecule has 3 aromatic rings. The largest absolute Gasteiger partial charge is 0.488 e. The Kier molecular flexibility index (Phi) is 21.0. The van der Waals surface area contributed by atoms with Crippen LogP contribution in [0.25, 0.3) is 21.5 Å². The molecule has 0 N–H and O–H groups in total. The summed E-state index contributed by atoms with van der Waals surface area (Å²) in [6.45, 7) is 10.6. The van der Waals surface area contributed by atoms with E-state index in [1.165, 1.54) is 0 Å². The normalized spacial score (nSPS) is 12.6. The van der Waals surface area contributed by atoms with Crippen molar-refractivity contribution in [2.24, 2.45) is 0 Å². The van der Waals surface area contributed by atoms with Crippen molar-refractivity contribution < 1.29 is 38.0 Å². The molecule has 51 heavy (non-hydrogen) atoms. The van der Waals surface area contributed by atoms with E-state index in [0.29, 0.717) is 37.6 Å². The maximum atomic E-state index is 12.8. The van der Waals surface area contributed by atoms with Crippen molar-refractivity contribution in [3.8, 4) is 11.5 Å². The number of benzene rings is 3. The molecule has 3 aromatic carbocycles. The second-order valence-electron chi connectivity index (χ2n) is 13.2. The molecule has 0 radical (unpaired) electrons. The van der Waals surface area contributed by atoms with Crippen molar-refractivity contribution in [2.45, 2.75) is 130 Å². The lowest BCUT2D eigenvalue weighted by atomic mass is 10.0. The molecule has 0 aromatic heterocycles. The van der Waals surface area contributed by atoms with Crippen molar-refractivity contribution in [1.29, 1.82) is 0 Å². The molecule has 3 rings (SSSR count). The summed E-state index contributed by atoms with van der Waals surface area (Å²) < 4.78 is 37.7. The summed E-state index contributed by atoms with van der Waals surface area (Å²) in [6, 6.07) is 13.9. The minimum Gasteiger partial charge on any atom is -0.488 e. The highest BCUT2D eigenvalue weighted by atomic mass is 79.9. The van der Waals surface area contributed by atoms with Crippen LogP contribution < -0.4 is 9.47 Å². The average molecular weight is 774 g/mol. The van der Waals surface area contributed by atoms with Gasteiger partial charge in [-0.1, -0.05) is 119 Å². The van der Waals surface area contributed by atoms with E-state index in [9.17, 15) is 9.59 Å². The fourth-order valence-corrected chi connectivity index (χ4v) is 6.13. The number of carbonyl (C=O) groups excluding carboxylic acids is 2. The maximum absolute atomic E-state index is 12.8. The third-order valence-corrected chi connectivity index (χ3v) is 9.16. The van der Waals surface area contributed by atoms with Crippen LogP contribution in [-0.4, -0.2) is 63.8 Å². The Labute approximate surface area is 314 Å². The van der Waals surface area contributed by atoms with Gasteiger partial charge in [-0.3, -0.25) is 9.59 Å². The molecule has 0 spiro atoms. The Morgan fingerprint density at radius 1 is 0.549 bits per heavy atom. The van der Waals surface area contributed by atoms with Crippen molar-refractivity contribution >= 4 is 49.4 Å². The zero-order valence-electron chi connectivity index (χ0n) is 31.5. The Bertz CT molecular complexity index is 1440. The van der Waals surface area contributed by atoms with Crippen LogP contribution in [0.1, 0.15) is 118 Å². The molecular weight excluding hydrogens is 712 g/mol. The van der Waals surface area contributed by atoms with Crippen molar-refractivity contribution in [3.05, 3.63) is 46.9 Å². The van der Waals surface area contributed by atoms with E-state index in [1.807, 2.05) is 42.5 Å². The van der Waals surface area contributed by atoms with Crippen LogP contribution in [0, 0.1) is 0 Å². The van der Waals surface area contributed by atoms with Gasteiger partial charge in [0.1, 0.15) is 24.7 Å². The molecule has 284 valence electrons. The first-order chi connectivity index (χ1) is 24.9. The van der Waals surface area contributed by atoms with Gasteiger partial charge in [0.25, 0.3) is 0 Å². The zero-order valence-corrected chi connectivity index (χ0v) is 33.1. The third-order valence-electron chi connectivity index (χ3n) is 8.67. The molecule has 0 fully saturated rings. The van der Waals surface area contributed by atoms with E-state index in [2.05, 4.69) is 43.6 Å². The highest BCUT2D eigenvalue weighted by Crippen LogP contribution is 2.44. The topological polar surface area (TPSA) is 89.5 Å². The first-order valence-electron chi connectivity index (χ1n) is 19.4. The number of fused-ring (bicyclic) bond motifs is 2. The van der Waals surface area contributed by atoms with E-state index in [4.69, 9.17) is 28.4 Å². The molecule has 2 unspecified atom stereocenters. The maximum Gasteiger partial charge on any atom is 0.306 e. The Morgan fingerprint density at radius 3 is 1.47 bits per heavy atom. The smallest absolute Gasteiger partial charge is 0.306 e. The summed E-state index contributed by atoms with van der Waals surface area (Å²) in [6.07, 6.45) is 11.7. The average Bonchev–Trinajstić information content (AvgIpc) is 3.13. The lowest BCUT2D eigenvalue weighted by Crippen LogP contribution is -2.30. The summed E-state index contributed by atoms with van der Waals surface area (Å²) in [5.41, 5.74) is 0. The number of unbranched alkanes of at least 4 members (excludes halogenated alkanes) is 8. The van der Waals surface area contributed by atoms with Crippen LogP contribution in [0.5, 0.6) is 11.5 Å². The number of rotatable bonds is 28. The monoisotopic (exact) mass is 772 g/mol. The molecule has 0 bridgehead atoms. The number of esters is 2. The molecule has 0 saturated heterocycles. The lowest BCUT2D eigenvalue weighted by molar-refractivity contribution is -0.155. The molecule has 0 heterocycles. The zero-order chi connectivity index (χ0) is 36.7. The van der Waals surface area contributed by atoms with E-state index in [1.54, 1.807) is 0 Å². The molecule has 0 aliphatic rings. The Morgan fingerprint density at radius 2 is 1.00 bits per heavy atom. The summed E-state index contributed by atoms with van der Waals surface area (Å²) >= 11 is 3.65. The van der Waals surface area contributed by atoms with E-state index >= 15 is 0 Å². The number of hydrogen-bond donors (Lipinski definition) is 0. The van der Waals surface area contributed by atoms with Crippen LogP contribution >= 0.6 is 15.9 Å². The van der Waals surface area contributed by atoms with Gasteiger partial charge in [-0.25, -0.2) is 0 Å². The van der Waals surface area contributed by atoms with Crippen LogP contribution in [0.3, 0.4) is 0 Å². The second-order valence-corrected chi connectivity index (χ2v) is 14.1. The summed E-state index contributed by atoms with van der Waals surface area (Å²) in [4.78, 5) is 25.6. The van der Waals surface area contributed by atoms with Crippen LogP contribution in [-0.2, 0) is 28.5 Å². The van der Waals surface area contributed by atoms with Gasteiger partial charge in [-0.05, 0) is 43.9 Å². The van der Waals surface area contributed by atoms with Gasteiger partial charge in [-0.15, -0.1) is 0 Å². The fourth-order valence-electron chi connectivity index (χ4n) is 5.77. The standard InChI is InChI=1S/C42H61BrO8/c1-5-9-13-15-21-39(44)50-33(28-46-25-11-7-3)30-48-41-35-19-17-18-20-36(35)42(38-27-32(43)23-24-37(38)41)49-31-34(29-47-26-12-8-4)51-40(45)22-16-14-10-6-2/h17-20,23-24,27,33-34H,5-16,21-22,25-26,28-31H2,1-4H3. The van der Waals surface area contributed by atoms with Crippen LogP contribution in [0.2, 0.25) is 0 Å². The predicted octanol–water partition coefficient (Wildman–Crippen LogP) is 10.9. The number of carbonyl (C=O) groups is 2. The molecule has 0 saturated carbocycles. The highest BCUT2D eigenvalue weighted by Gasteiger charge is 2.22. The fraction of sp³-hybridized carbons (Fsp3) is 0.619. The molecular formula is C42H61BrO8. The van der Waals surface area contributed by atoms with Crippen LogP contribution in [0.15, 0.2) is 46.9 Å². The Balaban J connectivity index is 1.87. The van der Waals surface area contributed by atoms with Crippen LogP contribution in [0.4, 0.5) is 0 Å². The SMILES string of the molecule is CCCCCCC(=O)OC(COCCCC)COc1c2ccccc2c(OCC(COCCCC)OC(=O)CCCCCC)c2cc(Br)ccc12. The number of ether oxygens (including phenoxy) is 6. The van der Waals surface area contributed by atoms with E-state index < -0.39 is 12.2 Å². The minimum absolute atomic E-state index is 0.143. The quantitative estimate of drug-likeness (QED) is 0.0409. The number of halogens is 1. The van der Waals surface area contributed by atoms with Gasteiger partial charge in [0.2, 0.25) is 0 Å². The van der Waals surface area contributed by atoms with E-state index in [-0.39, 0.29) is 38.4 Å². The van der Waals surface area contributed by atoms with Gasteiger partial charge < -0.3 is 28.4 Å². The second kappa shape index (κ2) is 25.2. The van der Waals surface area contributed by atoms with Crippen molar-refractivity contribution in [2.75, 3.05) is 39.6 Å². The molecule has 0 aliphatic heterocycles. The summed E-state index contributed by atoms with van der Waals surface area (Å²) in [5.74, 6) is 0.895. The molecule has 0 aliphatic carbocycles. The van der Waals surface area contributed by atoms with Gasteiger partial charge in [0.05, 0.1) is 13.2 Å². The first kappa shape index (κ1) is 42.5. The third kappa shape index (κ3) is 15.3. The van der Waals surface area contributed by atoms with Gasteiger partial charge in [-0.2, -0.15) is 0 Å². The molecule has 2 atom stereocenters. The summed E-state index contributed by atoms with van der Waals surface area (Å²) in [7, 11) is 0. The van der Waals surface area contributed by atoms with E-state index in [0.717, 1.165) is 103 Å². The first-order valence-corrected chi connectivity index (χ1v) is 20.1. The number of hydrogen-bond acceptors (Lipinski definition) is 8. The molecule has 8 nitrogen and oxygen atoms in total. The lowest BCUT2D eigenvalue weighted by Gasteiger charge is -2.23. The van der Waals surface area contributed by atoms with Crippen molar-refractivity contribution in [1.82, 2.24) is 0 Å². The summed E-state index contributed by atoms with van der Waals surface area (Å²) in [5, 5.41) is 3.42. The van der Waals surface area contributed by atoms with Gasteiger partial charge >= 0.3 is 11.9 Å². The Hall–Kier alpha value is -2.88. The minimum atomic E-state index is -0.553. The van der Waals surface area contributed by atoms with Gasteiger partial charge in [0.15, 0.2) is 12.2 Å². The molecule has 9 heteroatoms. The van der Waals surface area contributed by atoms with Crippen molar-refractivity contribution in [3.63, 3.8) is 0 Å². The molecule has 0 amide bonds. The predicted molar refractivity (Wildman–Crippen MR) is 209 cm³/mol. The highest BCUT2D eigenvalue weighted by molar-refractivity contribution is 9.10. The van der Waals surface area contributed by atoms with Gasteiger partial charge in [0, 0.05) is 52.1 Å².